The third kappa shape index (κ3) is 5.59. The molecule has 0 aliphatic rings. The molecule has 0 aromatic rings. The van der Waals surface area contributed by atoms with E-state index >= 15 is 0 Å². The number of aliphatic hydroxyl groups is 1. The first-order valence-corrected chi connectivity index (χ1v) is 3.17. The molecular formula is C5H9ClO3. The van der Waals surface area contributed by atoms with Crippen molar-refractivity contribution in [3.8, 4) is 0 Å². The molecule has 0 bridgehead atoms. The summed E-state index contributed by atoms with van der Waals surface area (Å²) in [5.74, 6) is -0.559. The molecule has 0 heterocycles. The molecule has 1 N–H and O–H groups in total. The van der Waals surface area contributed by atoms with Crippen LogP contribution in [-0.4, -0.2) is 30.2 Å². The number of carbonyl (C=O) groups excluding carboxylic acids is 1. The molecule has 0 atom stereocenters. The molecule has 0 aliphatic carbocycles. The Morgan fingerprint density at radius 1 is 1.67 bits per heavy atom. The minimum Gasteiger partial charge on any atom is -0.465 e. The van der Waals surface area contributed by atoms with Gasteiger partial charge in [0.05, 0.1) is 6.61 Å². The maximum Gasteiger partial charge on any atom is 0.320 e. The van der Waals surface area contributed by atoms with Crippen molar-refractivity contribution in [2.75, 3.05) is 19.1 Å². The summed E-state index contributed by atoms with van der Waals surface area (Å²) in [5.41, 5.74) is 0. The Kier molecular flexibility index (Phi) is 5.67. The Labute approximate surface area is 58.6 Å². The zero-order valence-electron chi connectivity index (χ0n) is 4.97. The highest BCUT2D eigenvalue weighted by molar-refractivity contribution is 6.26. The van der Waals surface area contributed by atoms with E-state index in [1.165, 1.54) is 0 Å². The second-order valence-electron chi connectivity index (χ2n) is 1.43. The minimum absolute atomic E-state index is 0.0373. The maximum absolute atomic E-state index is 10.3. The largest absolute Gasteiger partial charge is 0.465 e. The normalized spacial score (nSPS) is 9.11. The summed E-state index contributed by atoms with van der Waals surface area (Å²) >= 11 is 5.09. The van der Waals surface area contributed by atoms with Gasteiger partial charge in [-0.2, -0.15) is 0 Å². The van der Waals surface area contributed by atoms with Crippen LogP contribution in [0.5, 0.6) is 0 Å². The Hall–Kier alpha value is -0.280. The first-order chi connectivity index (χ1) is 4.31. The van der Waals surface area contributed by atoms with Crippen LogP contribution < -0.4 is 0 Å². The van der Waals surface area contributed by atoms with Gasteiger partial charge in [0.2, 0.25) is 0 Å². The van der Waals surface area contributed by atoms with Crippen molar-refractivity contribution in [2.45, 2.75) is 6.42 Å². The molecule has 54 valence electrons. The molecular weight excluding hydrogens is 144 g/mol. The van der Waals surface area contributed by atoms with Crippen molar-refractivity contribution in [3.05, 3.63) is 0 Å². The minimum atomic E-state index is -0.440. The fraction of sp³-hybridized carbons (Fsp3) is 0.800. The molecule has 9 heavy (non-hydrogen) atoms. The number of alkyl halides is 1. The predicted octanol–water partition coefficient (Wildman–Crippen LogP) is 0.151. The van der Waals surface area contributed by atoms with Gasteiger partial charge in [-0.25, -0.2) is 0 Å². The average molecular weight is 153 g/mol. The van der Waals surface area contributed by atoms with Crippen LogP contribution in [0, 0.1) is 0 Å². The molecule has 0 amide bonds. The first kappa shape index (κ1) is 8.72. The van der Waals surface area contributed by atoms with Gasteiger partial charge in [0.15, 0.2) is 0 Å². The molecule has 0 fully saturated rings. The lowest BCUT2D eigenvalue weighted by Gasteiger charge is -1.98. The Morgan fingerprint density at radius 3 is 2.78 bits per heavy atom. The van der Waals surface area contributed by atoms with Gasteiger partial charge < -0.3 is 9.84 Å². The van der Waals surface area contributed by atoms with E-state index in [0.29, 0.717) is 6.42 Å². The molecule has 0 rings (SSSR count). The summed E-state index contributed by atoms with van der Waals surface area (Å²) in [5, 5.41) is 8.23. The highest BCUT2D eigenvalue weighted by atomic mass is 35.5. The lowest BCUT2D eigenvalue weighted by atomic mass is 10.5. The van der Waals surface area contributed by atoms with E-state index < -0.39 is 5.97 Å². The molecule has 0 radical (unpaired) electrons. The van der Waals surface area contributed by atoms with Gasteiger partial charge in [0.25, 0.3) is 0 Å². The van der Waals surface area contributed by atoms with Crippen LogP contribution >= 0.6 is 11.6 Å². The van der Waals surface area contributed by atoms with E-state index in [2.05, 4.69) is 4.74 Å². The number of hydrogen-bond acceptors (Lipinski definition) is 3. The van der Waals surface area contributed by atoms with Crippen molar-refractivity contribution in [1.82, 2.24) is 0 Å². The zero-order valence-corrected chi connectivity index (χ0v) is 5.73. The van der Waals surface area contributed by atoms with E-state index in [0.717, 1.165) is 0 Å². The van der Waals surface area contributed by atoms with Crippen LogP contribution in [0.1, 0.15) is 6.42 Å². The third-order valence-corrected chi connectivity index (χ3v) is 0.893. The van der Waals surface area contributed by atoms with Gasteiger partial charge in [-0.3, -0.25) is 4.79 Å². The number of rotatable bonds is 4. The Balaban J connectivity index is 2.97. The molecule has 0 aromatic carbocycles. The lowest BCUT2D eigenvalue weighted by Crippen LogP contribution is -2.07. The molecule has 0 spiro atoms. The average Bonchev–Trinajstić information content (AvgIpc) is 1.89. The second-order valence-corrected chi connectivity index (χ2v) is 1.70. The van der Waals surface area contributed by atoms with Crippen LogP contribution in [0.3, 0.4) is 0 Å². The van der Waals surface area contributed by atoms with Crippen molar-refractivity contribution < 1.29 is 14.6 Å². The van der Waals surface area contributed by atoms with Crippen LogP contribution in [-0.2, 0) is 9.53 Å². The zero-order chi connectivity index (χ0) is 7.11. The number of hydrogen-bond donors (Lipinski definition) is 1. The number of ether oxygens (including phenoxy) is 1. The topological polar surface area (TPSA) is 46.5 Å². The van der Waals surface area contributed by atoms with Gasteiger partial charge in [0, 0.05) is 13.0 Å². The Bertz CT molecular complexity index is 84.3. The monoisotopic (exact) mass is 152 g/mol. The lowest BCUT2D eigenvalue weighted by molar-refractivity contribution is -0.140. The van der Waals surface area contributed by atoms with E-state index in [4.69, 9.17) is 16.7 Å². The SMILES string of the molecule is O=C(CCl)OCCCO. The van der Waals surface area contributed by atoms with E-state index in [1.807, 2.05) is 0 Å². The second kappa shape index (κ2) is 5.85. The molecule has 3 nitrogen and oxygen atoms in total. The summed E-state index contributed by atoms with van der Waals surface area (Å²) < 4.78 is 4.50. The van der Waals surface area contributed by atoms with Crippen LogP contribution in [0.25, 0.3) is 0 Å². The predicted molar refractivity (Wildman–Crippen MR) is 33.4 cm³/mol. The standard InChI is InChI=1S/C5H9ClO3/c6-4-5(8)9-3-1-2-7/h7H,1-4H2. The maximum atomic E-state index is 10.3. The van der Waals surface area contributed by atoms with Crippen molar-refractivity contribution in [2.24, 2.45) is 0 Å². The van der Waals surface area contributed by atoms with Gasteiger partial charge in [-0.1, -0.05) is 0 Å². The molecule has 0 saturated carbocycles. The number of esters is 1. The van der Waals surface area contributed by atoms with Crippen LogP contribution in [0.2, 0.25) is 0 Å². The van der Waals surface area contributed by atoms with Gasteiger partial charge in [-0.05, 0) is 0 Å². The van der Waals surface area contributed by atoms with Gasteiger partial charge in [-0.15, -0.1) is 11.6 Å². The van der Waals surface area contributed by atoms with Gasteiger partial charge in [0.1, 0.15) is 5.88 Å². The van der Waals surface area contributed by atoms with Crippen molar-refractivity contribution in [1.29, 1.82) is 0 Å². The van der Waals surface area contributed by atoms with Crippen LogP contribution in [0.15, 0.2) is 0 Å². The highest BCUT2D eigenvalue weighted by Crippen LogP contribution is 1.84. The number of carbonyl (C=O) groups is 1. The van der Waals surface area contributed by atoms with E-state index in [-0.39, 0.29) is 19.1 Å². The molecule has 0 aliphatic heterocycles. The summed E-state index contributed by atoms with van der Waals surface area (Å²) in [6, 6.07) is 0. The third-order valence-electron chi connectivity index (χ3n) is 0.675. The number of aliphatic hydroxyl groups excluding tert-OH is 1. The van der Waals surface area contributed by atoms with E-state index in [9.17, 15) is 4.79 Å². The Morgan fingerprint density at radius 2 is 2.33 bits per heavy atom. The van der Waals surface area contributed by atoms with Gasteiger partial charge >= 0.3 is 5.97 Å². The smallest absolute Gasteiger partial charge is 0.320 e. The summed E-state index contributed by atoms with van der Waals surface area (Å²) in [6.07, 6.45) is 0.475. The van der Waals surface area contributed by atoms with Crippen molar-refractivity contribution >= 4 is 17.6 Å². The van der Waals surface area contributed by atoms with E-state index in [1.54, 1.807) is 0 Å². The quantitative estimate of drug-likeness (QED) is 0.355. The molecule has 0 aromatic heterocycles. The number of halogens is 1. The summed E-state index contributed by atoms with van der Waals surface area (Å²) in [6.45, 7) is 0.289. The van der Waals surface area contributed by atoms with Crippen LogP contribution in [0.4, 0.5) is 0 Å². The molecule has 0 saturated heterocycles. The first-order valence-electron chi connectivity index (χ1n) is 2.63. The summed E-state index contributed by atoms with van der Waals surface area (Å²) in [4.78, 5) is 10.3. The molecule has 0 unspecified atom stereocenters. The fourth-order valence-corrected chi connectivity index (χ4v) is 0.366. The molecule has 4 heteroatoms. The fourth-order valence-electron chi connectivity index (χ4n) is 0.289. The highest BCUT2D eigenvalue weighted by Gasteiger charge is 1.96. The summed E-state index contributed by atoms with van der Waals surface area (Å²) in [7, 11) is 0. The van der Waals surface area contributed by atoms with Crippen molar-refractivity contribution in [3.63, 3.8) is 0 Å².